The summed E-state index contributed by atoms with van der Waals surface area (Å²) in [5.41, 5.74) is 2.79. The van der Waals surface area contributed by atoms with Crippen LogP contribution in [0.5, 0.6) is 0 Å². The van der Waals surface area contributed by atoms with Crippen LogP contribution in [0.4, 0.5) is 5.69 Å². The normalized spacial score (nSPS) is 25.9. The summed E-state index contributed by atoms with van der Waals surface area (Å²) in [7, 11) is 0. The van der Waals surface area contributed by atoms with E-state index < -0.39 is 0 Å². The Balaban J connectivity index is 2.04. The third-order valence-corrected chi connectivity index (χ3v) is 4.11. The van der Waals surface area contributed by atoms with Gasteiger partial charge >= 0.3 is 0 Å². The molecule has 3 nitrogen and oxygen atoms in total. The number of hydrogen-bond acceptors (Lipinski definition) is 2. The predicted molar refractivity (Wildman–Crippen MR) is 73.8 cm³/mol. The fourth-order valence-corrected chi connectivity index (χ4v) is 3.00. The zero-order chi connectivity index (χ0) is 13.6. The average Bonchev–Trinajstić information content (AvgIpc) is 2.66. The van der Waals surface area contributed by atoms with Gasteiger partial charge in [0.1, 0.15) is 0 Å². The number of aryl methyl sites for hydroxylation is 2. The van der Waals surface area contributed by atoms with Gasteiger partial charge in [-0.25, -0.2) is 4.90 Å². The molecule has 3 heteroatoms. The second-order valence-electron chi connectivity index (χ2n) is 5.46. The Labute approximate surface area is 112 Å². The van der Waals surface area contributed by atoms with Crippen molar-refractivity contribution >= 4 is 17.5 Å². The monoisotopic (exact) mass is 255 g/mol. The van der Waals surface area contributed by atoms with E-state index in [0.29, 0.717) is 12.8 Å². The molecule has 2 atom stereocenters. The lowest BCUT2D eigenvalue weighted by molar-refractivity contribution is -0.122. The van der Waals surface area contributed by atoms with Crippen LogP contribution >= 0.6 is 0 Å². The van der Waals surface area contributed by atoms with E-state index >= 15 is 0 Å². The zero-order valence-electron chi connectivity index (χ0n) is 11.2. The van der Waals surface area contributed by atoms with Crippen molar-refractivity contribution in [1.29, 1.82) is 0 Å². The van der Waals surface area contributed by atoms with Crippen LogP contribution in [0.1, 0.15) is 24.0 Å². The number of imide groups is 1. The highest BCUT2D eigenvalue weighted by Gasteiger charge is 2.48. The Morgan fingerprint density at radius 1 is 1.00 bits per heavy atom. The highest BCUT2D eigenvalue weighted by molar-refractivity contribution is 6.22. The number of fused-ring (bicyclic) bond motifs is 1. The third kappa shape index (κ3) is 1.81. The van der Waals surface area contributed by atoms with Crippen LogP contribution < -0.4 is 4.90 Å². The Kier molecular flexibility index (Phi) is 2.77. The summed E-state index contributed by atoms with van der Waals surface area (Å²) in [5, 5.41) is 0. The van der Waals surface area contributed by atoms with Crippen molar-refractivity contribution in [3.63, 3.8) is 0 Å². The average molecular weight is 255 g/mol. The number of benzene rings is 1. The molecule has 0 unspecified atom stereocenters. The summed E-state index contributed by atoms with van der Waals surface area (Å²) in [6.45, 7) is 3.91. The quantitative estimate of drug-likeness (QED) is 0.571. The summed E-state index contributed by atoms with van der Waals surface area (Å²) in [4.78, 5) is 26.4. The first-order valence-electron chi connectivity index (χ1n) is 6.69. The van der Waals surface area contributed by atoms with Gasteiger partial charge in [0.2, 0.25) is 11.8 Å². The first-order valence-corrected chi connectivity index (χ1v) is 6.69. The molecule has 1 aliphatic heterocycles. The molecule has 2 aliphatic rings. The van der Waals surface area contributed by atoms with Crippen molar-refractivity contribution in [2.45, 2.75) is 26.7 Å². The minimum atomic E-state index is -0.155. The van der Waals surface area contributed by atoms with Gasteiger partial charge < -0.3 is 0 Å². The molecule has 0 N–H and O–H groups in total. The maximum Gasteiger partial charge on any atom is 0.238 e. The standard InChI is InChI=1S/C16H17NO2/c1-10-7-8-11(2)14(9-10)17-15(18)12-5-3-4-6-13(12)16(17)19/h3-4,7-9,12-13H,5-6H2,1-2H3/t12-,13+. The summed E-state index contributed by atoms with van der Waals surface area (Å²) in [6, 6.07) is 5.89. The molecular formula is C16H17NO2. The van der Waals surface area contributed by atoms with Crippen LogP contribution in [0, 0.1) is 25.7 Å². The summed E-state index contributed by atoms with van der Waals surface area (Å²) in [5.74, 6) is -0.379. The Morgan fingerprint density at radius 3 is 2.16 bits per heavy atom. The minimum absolute atomic E-state index is 0.0342. The van der Waals surface area contributed by atoms with Crippen molar-refractivity contribution in [3.05, 3.63) is 41.5 Å². The first kappa shape index (κ1) is 12.2. The molecule has 1 fully saturated rings. The van der Waals surface area contributed by atoms with Crippen LogP contribution in [-0.4, -0.2) is 11.8 Å². The SMILES string of the molecule is Cc1ccc(C)c(N2C(=O)[C@H]3CC=CC[C@H]3C2=O)c1. The lowest BCUT2D eigenvalue weighted by Crippen LogP contribution is -2.31. The molecule has 1 heterocycles. The molecule has 98 valence electrons. The highest BCUT2D eigenvalue weighted by Crippen LogP contribution is 2.38. The van der Waals surface area contributed by atoms with Crippen molar-refractivity contribution in [2.75, 3.05) is 4.90 Å². The van der Waals surface area contributed by atoms with Crippen molar-refractivity contribution in [3.8, 4) is 0 Å². The second kappa shape index (κ2) is 4.34. The zero-order valence-corrected chi connectivity index (χ0v) is 11.2. The van der Waals surface area contributed by atoms with E-state index in [0.717, 1.165) is 16.8 Å². The minimum Gasteiger partial charge on any atom is -0.274 e. The smallest absolute Gasteiger partial charge is 0.238 e. The van der Waals surface area contributed by atoms with Gasteiger partial charge in [-0.15, -0.1) is 0 Å². The molecule has 1 aliphatic carbocycles. The van der Waals surface area contributed by atoms with Crippen LogP contribution in [0.3, 0.4) is 0 Å². The maximum absolute atomic E-state index is 12.5. The van der Waals surface area contributed by atoms with Gasteiger partial charge in [0, 0.05) is 0 Å². The van der Waals surface area contributed by atoms with Crippen LogP contribution in [0.25, 0.3) is 0 Å². The van der Waals surface area contributed by atoms with Gasteiger partial charge in [-0.05, 0) is 43.9 Å². The molecule has 1 aromatic rings. The number of nitrogens with zero attached hydrogens (tertiary/aromatic N) is 1. The van der Waals surface area contributed by atoms with E-state index in [1.165, 1.54) is 4.90 Å². The highest BCUT2D eigenvalue weighted by atomic mass is 16.2. The molecular weight excluding hydrogens is 238 g/mol. The van der Waals surface area contributed by atoms with Gasteiger partial charge in [-0.3, -0.25) is 9.59 Å². The Bertz CT molecular complexity index is 562. The van der Waals surface area contributed by atoms with Crippen molar-refractivity contribution in [2.24, 2.45) is 11.8 Å². The second-order valence-corrected chi connectivity index (χ2v) is 5.46. The van der Waals surface area contributed by atoms with Gasteiger partial charge in [-0.2, -0.15) is 0 Å². The van der Waals surface area contributed by atoms with Gasteiger partial charge in [0.05, 0.1) is 17.5 Å². The van der Waals surface area contributed by atoms with Gasteiger partial charge in [0.25, 0.3) is 0 Å². The van der Waals surface area contributed by atoms with Crippen LogP contribution in [0.15, 0.2) is 30.4 Å². The number of amides is 2. The molecule has 0 bridgehead atoms. The fraction of sp³-hybridized carbons (Fsp3) is 0.375. The first-order chi connectivity index (χ1) is 9.09. The number of hydrogen-bond donors (Lipinski definition) is 0. The van der Waals surface area contributed by atoms with E-state index in [1.54, 1.807) is 0 Å². The summed E-state index contributed by atoms with van der Waals surface area (Å²) < 4.78 is 0. The predicted octanol–water partition coefficient (Wildman–Crippen LogP) is 2.76. The lowest BCUT2D eigenvalue weighted by Gasteiger charge is -2.18. The van der Waals surface area contributed by atoms with E-state index in [4.69, 9.17) is 0 Å². The summed E-state index contributed by atoms with van der Waals surface area (Å²) in [6.07, 6.45) is 5.41. The molecule has 0 saturated carbocycles. The fourth-order valence-electron chi connectivity index (χ4n) is 3.00. The Hall–Kier alpha value is -1.90. The van der Waals surface area contributed by atoms with Crippen molar-refractivity contribution in [1.82, 2.24) is 0 Å². The molecule has 0 radical (unpaired) electrons. The third-order valence-electron chi connectivity index (χ3n) is 4.11. The number of carbonyl (C=O) groups is 2. The van der Waals surface area contributed by atoms with E-state index in [1.807, 2.05) is 44.2 Å². The largest absolute Gasteiger partial charge is 0.274 e. The number of allylic oxidation sites excluding steroid dienone is 2. The number of carbonyl (C=O) groups excluding carboxylic acids is 2. The maximum atomic E-state index is 12.5. The van der Waals surface area contributed by atoms with E-state index in [9.17, 15) is 9.59 Å². The van der Waals surface area contributed by atoms with Crippen LogP contribution in [-0.2, 0) is 9.59 Å². The van der Waals surface area contributed by atoms with E-state index in [-0.39, 0.29) is 23.7 Å². The molecule has 1 aromatic carbocycles. The van der Waals surface area contributed by atoms with Crippen molar-refractivity contribution < 1.29 is 9.59 Å². The molecule has 0 aromatic heterocycles. The molecule has 19 heavy (non-hydrogen) atoms. The van der Waals surface area contributed by atoms with Gasteiger partial charge in [0.15, 0.2) is 0 Å². The van der Waals surface area contributed by atoms with E-state index in [2.05, 4.69) is 0 Å². The number of anilines is 1. The molecule has 0 spiro atoms. The molecule has 1 saturated heterocycles. The topological polar surface area (TPSA) is 37.4 Å². The lowest BCUT2D eigenvalue weighted by atomic mass is 9.85. The van der Waals surface area contributed by atoms with Gasteiger partial charge in [-0.1, -0.05) is 24.3 Å². The summed E-state index contributed by atoms with van der Waals surface area (Å²) >= 11 is 0. The molecule has 3 rings (SSSR count). The Morgan fingerprint density at radius 2 is 1.58 bits per heavy atom. The molecule has 2 amide bonds. The van der Waals surface area contributed by atoms with Crippen LogP contribution in [0.2, 0.25) is 0 Å². The number of rotatable bonds is 1.